The Morgan fingerprint density at radius 3 is 3.00 bits per heavy atom. The van der Waals surface area contributed by atoms with Crippen molar-refractivity contribution < 1.29 is 14.9 Å². The summed E-state index contributed by atoms with van der Waals surface area (Å²) in [6.45, 7) is 1.16. The number of aliphatic hydroxyl groups is 2. The summed E-state index contributed by atoms with van der Waals surface area (Å²) < 4.78 is 4.84. The quantitative estimate of drug-likeness (QED) is 0.474. The van der Waals surface area contributed by atoms with Gasteiger partial charge < -0.3 is 14.9 Å². The van der Waals surface area contributed by atoms with E-state index in [1.54, 1.807) is 0 Å². The Morgan fingerprint density at radius 1 is 1.90 bits per heavy atom. The second-order valence-corrected chi connectivity index (χ2v) is 2.25. The highest BCUT2D eigenvalue weighted by molar-refractivity contribution is 5.15. The maximum atomic E-state index is 9.41. The van der Waals surface area contributed by atoms with Gasteiger partial charge in [-0.05, 0) is 0 Å². The predicted molar refractivity (Wildman–Crippen MR) is 34.7 cm³/mol. The standard InChI is InChI=1S/C7H9O3/c1-2-7(9)3-4-10-6(7)5-8/h1,4,6,8-9H,3,5H2/t6-,7+/m1/s1. The van der Waals surface area contributed by atoms with E-state index in [4.69, 9.17) is 16.3 Å². The molecular formula is C7H9O3. The molecule has 0 aromatic heterocycles. The summed E-state index contributed by atoms with van der Waals surface area (Å²) in [5, 5.41) is 18.0. The van der Waals surface area contributed by atoms with E-state index in [9.17, 15) is 5.11 Å². The first kappa shape index (κ1) is 7.55. The lowest BCUT2D eigenvalue weighted by Gasteiger charge is -2.19. The molecule has 3 nitrogen and oxygen atoms in total. The van der Waals surface area contributed by atoms with Crippen LogP contribution in [0.25, 0.3) is 0 Å². The van der Waals surface area contributed by atoms with Crippen molar-refractivity contribution in [2.75, 3.05) is 6.61 Å². The fourth-order valence-corrected chi connectivity index (χ4v) is 0.881. The Morgan fingerprint density at radius 2 is 2.60 bits per heavy atom. The average Bonchev–Trinajstić information content (AvgIpc) is 2.32. The summed E-state index contributed by atoms with van der Waals surface area (Å²) in [7, 11) is 0. The predicted octanol–water partition coefficient (Wildman–Crippen LogP) is -0.706. The van der Waals surface area contributed by atoms with E-state index in [0.29, 0.717) is 0 Å². The van der Waals surface area contributed by atoms with Crippen LogP contribution in [0, 0.1) is 19.0 Å². The van der Waals surface area contributed by atoms with Crippen LogP contribution in [-0.4, -0.2) is 28.5 Å². The zero-order valence-electron chi connectivity index (χ0n) is 5.45. The summed E-state index contributed by atoms with van der Waals surface area (Å²) in [6, 6.07) is 0. The highest BCUT2D eigenvalue weighted by Crippen LogP contribution is 2.27. The van der Waals surface area contributed by atoms with Gasteiger partial charge >= 0.3 is 0 Å². The molecule has 2 N–H and O–H groups in total. The number of terminal acetylenes is 1. The fraction of sp³-hybridized carbons (Fsp3) is 0.571. The maximum Gasteiger partial charge on any atom is 0.155 e. The molecule has 0 aromatic rings. The van der Waals surface area contributed by atoms with E-state index in [1.807, 2.05) is 0 Å². The van der Waals surface area contributed by atoms with Gasteiger partial charge in [0.2, 0.25) is 0 Å². The molecule has 1 saturated heterocycles. The van der Waals surface area contributed by atoms with Gasteiger partial charge in [-0.15, -0.1) is 6.42 Å². The van der Waals surface area contributed by atoms with E-state index in [1.165, 1.54) is 6.61 Å². The van der Waals surface area contributed by atoms with Crippen LogP contribution in [0.4, 0.5) is 0 Å². The molecule has 1 aliphatic rings. The number of hydrogen-bond donors (Lipinski definition) is 2. The SMILES string of the molecule is C#C[C@]1(O)C[CH]O[C@@H]1CO. The highest BCUT2D eigenvalue weighted by Gasteiger charge is 2.40. The maximum absolute atomic E-state index is 9.41. The first-order valence-electron chi connectivity index (χ1n) is 3.01. The second kappa shape index (κ2) is 2.59. The van der Waals surface area contributed by atoms with Crippen LogP contribution in [0.2, 0.25) is 0 Å². The van der Waals surface area contributed by atoms with Gasteiger partial charge in [-0.25, -0.2) is 0 Å². The van der Waals surface area contributed by atoms with Crippen molar-refractivity contribution in [3.63, 3.8) is 0 Å². The molecule has 1 fully saturated rings. The van der Waals surface area contributed by atoms with E-state index < -0.39 is 11.7 Å². The third-order valence-corrected chi connectivity index (χ3v) is 1.60. The summed E-state index contributed by atoms with van der Waals surface area (Å²) in [5.74, 6) is 2.18. The number of rotatable bonds is 1. The van der Waals surface area contributed by atoms with E-state index in [-0.39, 0.29) is 13.0 Å². The van der Waals surface area contributed by atoms with Crippen LogP contribution in [0.5, 0.6) is 0 Å². The molecule has 0 unspecified atom stereocenters. The number of ether oxygens (including phenoxy) is 1. The third-order valence-electron chi connectivity index (χ3n) is 1.60. The molecular weight excluding hydrogens is 132 g/mol. The highest BCUT2D eigenvalue weighted by atomic mass is 16.5. The molecule has 10 heavy (non-hydrogen) atoms. The molecule has 0 spiro atoms. The molecule has 1 rings (SSSR count). The van der Waals surface area contributed by atoms with Crippen LogP contribution in [0.3, 0.4) is 0 Å². The normalized spacial score (nSPS) is 39.5. The van der Waals surface area contributed by atoms with E-state index >= 15 is 0 Å². The van der Waals surface area contributed by atoms with Crippen LogP contribution >= 0.6 is 0 Å². The van der Waals surface area contributed by atoms with Crippen LogP contribution in [0.1, 0.15) is 6.42 Å². The van der Waals surface area contributed by atoms with Gasteiger partial charge in [0.25, 0.3) is 0 Å². The zero-order chi connectivity index (χ0) is 7.61. The van der Waals surface area contributed by atoms with Crippen LogP contribution in [-0.2, 0) is 4.74 Å². The zero-order valence-corrected chi connectivity index (χ0v) is 5.45. The molecule has 0 bridgehead atoms. The lowest BCUT2D eigenvalue weighted by molar-refractivity contribution is -0.0204. The van der Waals surface area contributed by atoms with E-state index in [2.05, 4.69) is 5.92 Å². The van der Waals surface area contributed by atoms with Crippen molar-refractivity contribution in [3.8, 4) is 12.3 Å². The van der Waals surface area contributed by atoms with Gasteiger partial charge in [-0.3, -0.25) is 0 Å². The molecule has 1 radical (unpaired) electrons. The minimum Gasteiger partial charge on any atom is -0.394 e. The van der Waals surface area contributed by atoms with Gasteiger partial charge in [-0.1, -0.05) is 5.92 Å². The molecule has 0 amide bonds. The molecule has 1 aliphatic heterocycles. The van der Waals surface area contributed by atoms with Crippen molar-refractivity contribution in [1.82, 2.24) is 0 Å². The number of aliphatic hydroxyl groups excluding tert-OH is 1. The van der Waals surface area contributed by atoms with Gasteiger partial charge in [0.15, 0.2) is 5.60 Å². The van der Waals surface area contributed by atoms with Crippen molar-refractivity contribution in [2.45, 2.75) is 18.1 Å². The Hall–Kier alpha value is -0.560. The lowest BCUT2D eigenvalue weighted by atomic mass is 9.97. The van der Waals surface area contributed by atoms with Crippen molar-refractivity contribution >= 4 is 0 Å². The Bertz CT molecular complexity index is 161. The first-order valence-corrected chi connectivity index (χ1v) is 3.01. The second-order valence-electron chi connectivity index (χ2n) is 2.25. The summed E-state index contributed by atoms with van der Waals surface area (Å²) in [5.41, 5.74) is -1.30. The topological polar surface area (TPSA) is 49.7 Å². The summed E-state index contributed by atoms with van der Waals surface area (Å²) >= 11 is 0. The summed E-state index contributed by atoms with van der Waals surface area (Å²) in [4.78, 5) is 0. The largest absolute Gasteiger partial charge is 0.394 e. The molecule has 0 saturated carbocycles. The Labute approximate surface area is 59.6 Å². The average molecular weight is 141 g/mol. The number of hydrogen-bond acceptors (Lipinski definition) is 3. The van der Waals surface area contributed by atoms with E-state index in [0.717, 1.165) is 0 Å². The molecule has 55 valence electrons. The van der Waals surface area contributed by atoms with Gasteiger partial charge in [-0.2, -0.15) is 0 Å². The molecule has 2 atom stereocenters. The minimum absolute atomic E-state index is 0.253. The van der Waals surface area contributed by atoms with Crippen molar-refractivity contribution in [1.29, 1.82) is 0 Å². The van der Waals surface area contributed by atoms with Crippen LogP contribution < -0.4 is 0 Å². The fourth-order valence-electron chi connectivity index (χ4n) is 0.881. The molecule has 3 heteroatoms. The molecule has 0 aromatic carbocycles. The van der Waals surface area contributed by atoms with Gasteiger partial charge in [0.1, 0.15) is 6.10 Å². The monoisotopic (exact) mass is 141 g/mol. The Kier molecular flexibility index (Phi) is 1.95. The smallest absolute Gasteiger partial charge is 0.155 e. The third kappa shape index (κ3) is 1.01. The first-order chi connectivity index (χ1) is 4.73. The molecule has 0 aliphatic carbocycles. The van der Waals surface area contributed by atoms with Crippen LogP contribution in [0.15, 0.2) is 0 Å². The molecule has 1 heterocycles. The lowest BCUT2D eigenvalue weighted by Crippen LogP contribution is -2.38. The van der Waals surface area contributed by atoms with Gasteiger partial charge in [0.05, 0.1) is 13.2 Å². The van der Waals surface area contributed by atoms with Crippen molar-refractivity contribution in [2.24, 2.45) is 0 Å². The Balaban J connectivity index is 2.68. The summed E-state index contributed by atoms with van der Waals surface area (Å²) in [6.07, 6.45) is 4.65. The van der Waals surface area contributed by atoms with Crippen molar-refractivity contribution in [3.05, 3.63) is 6.61 Å². The minimum atomic E-state index is -1.30. The van der Waals surface area contributed by atoms with Gasteiger partial charge in [0, 0.05) is 6.42 Å².